The lowest BCUT2D eigenvalue weighted by atomic mass is 9.97. The molecule has 1 N–H and O–H groups in total. The molecule has 1 aromatic heterocycles. The standard InChI is InChI=1S/C19H23NO5/c1-12-4-3-5-13(2)20(12)18(22)11-25-19(23)8-14-10-24-17-9-15(21)6-7-16(14)17/h6-7,9-10,12-13,21H,3-5,8,11H2,1-2H3/t12-,13-/m0/s1. The molecule has 134 valence electrons. The predicted molar refractivity (Wildman–Crippen MR) is 92.2 cm³/mol. The van der Waals surface area contributed by atoms with Gasteiger partial charge in [-0.1, -0.05) is 0 Å². The maximum Gasteiger partial charge on any atom is 0.310 e. The molecule has 0 bridgehead atoms. The summed E-state index contributed by atoms with van der Waals surface area (Å²) in [6.45, 7) is 3.83. The second-order valence-corrected chi connectivity index (χ2v) is 6.71. The van der Waals surface area contributed by atoms with E-state index in [0.717, 1.165) is 24.6 Å². The van der Waals surface area contributed by atoms with Crippen LogP contribution in [0.15, 0.2) is 28.9 Å². The number of carbonyl (C=O) groups is 2. The summed E-state index contributed by atoms with van der Waals surface area (Å²) in [5.41, 5.74) is 1.18. The number of fused-ring (bicyclic) bond motifs is 1. The second-order valence-electron chi connectivity index (χ2n) is 6.71. The molecule has 6 heteroatoms. The van der Waals surface area contributed by atoms with Gasteiger partial charge in [-0.25, -0.2) is 0 Å². The molecule has 1 aromatic carbocycles. The molecular weight excluding hydrogens is 322 g/mol. The average molecular weight is 345 g/mol. The summed E-state index contributed by atoms with van der Waals surface area (Å²) in [7, 11) is 0. The van der Waals surface area contributed by atoms with Gasteiger partial charge < -0.3 is 19.2 Å². The summed E-state index contributed by atoms with van der Waals surface area (Å²) in [5.74, 6) is -0.511. The number of phenolic OH excluding ortho intramolecular Hbond substituents is 1. The molecule has 6 nitrogen and oxygen atoms in total. The van der Waals surface area contributed by atoms with Gasteiger partial charge in [-0.15, -0.1) is 0 Å². The van der Waals surface area contributed by atoms with Crippen molar-refractivity contribution in [2.45, 2.75) is 51.6 Å². The highest BCUT2D eigenvalue weighted by atomic mass is 16.5. The Morgan fingerprint density at radius 2 is 2.00 bits per heavy atom. The number of carbonyl (C=O) groups excluding carboxylic acids is 2. The number of hydrogen-bond acceptors (Lipinski definition) is 5. The number of ether oxygens (including phenoxy) is 1. The van der Waals surface area contributed by atoms with Crippen molar-refractivity contribution < 1.29 is 23.8 Å². The number of aromatic hydroxyl groups is 1. The van der Waals surface area contributed by atoms with E-state index in [-0.39, 0.29) is 36.8 Å². The Kier molecular flexibility index (Phi) is 4.97. The highest BCUT2D eigenvalue weighted by Crippen LogP contribution is 2.26. The first-order valence-electron chi connectivity index (χ1n) is 8.61. The third kappa shape index (κ3) is 3.78. The second kappa shape index (κ2) is 7.17. The zero-order chi connectivity index (χ0) is 18.0. The van der Waals surface area contributed by atoms with E-state index in [1.807, 2.05) is 18.7 Å². The monoisotopic (exact) mass is 345 g/mol. The number of likely N-dealkylation sites (tertiary alicyclic amines) is 1. The smallest absolute Gasteiger partial charge is 0.310 e. The molecule has 1 aliphatic heterocycles. The van der Waals surface area contributed by atoms with Gasteiger partial charge in [-0.05, 0) is 45.2 Å². The zero-order valence-corrected chi connectivity index (χ0v) is 14.5. The van der Waals surface area contributed by atoms with Crippen molar-refractivity contribution in [2.24, 2.45) is 0 Å². The summed E-state index contributed by atoms with van der Waals surface area (Å²) in [6.07, 6.45) is 4.59. The first-order chi connectivity index (χ1) is 12.0. The van der Waals surface area contributed by atoms with Gasteiger partial charge in [-0.3, -0.25) is 9.59 Å². The minimum atomic E-state index is -0.471. The average Bonchev–Trinajstić information content (AvgIpc) is 2.94. The van der Waals surface area contributed by atoms with E-state index in [0.29, 0.717) is 11.1 Å². The molecule has 1 saturated heterocycles. The number of esters is 1. The molecule has 0 saturated carbocycles. The molecule has 2 atom stereocenters. The highest BCUT2D eigenvalue weighted by molar-refractivity contribution is 5.87. The van der Waals surface area contributed by atoms with E-state index in [1.54, 1.807) is 6.07 Å². The summed E-state index contributed by atoms with van der Waals surface area (Å²) in [4.78, 5) is 26.3. The number of nitrogens with zero attached hydrogens (tertiary/aromatic N) is 1. The van der Waals surface area contributed by atoms with E-state index in [2.05, 4.69) is 0 Å². The minimum absolute atomic E-state index is 0.0240. The summed E-state index contributed by atoms with van der Waals surface area (Å²) in [6, 6.07) is 5.09. The molecule has 0 aliphatic carbocycles. The van der Waals surface area contributed by atoms with Crippen molar-refractivity contribution in [3.05, 3.63) is 30.0 Å². The van der Waals surface area contributed by atoms with Crippen LogP contribution in [0.5, 0.6) is 5.75 Å². The summed E-state index contributed by atoms with van der Waals surface area (Å²) < 4.78 is 10.5. The number of rotatable bonds is 4. The number of hydrogen-bond donors (Lipinski definition) is 1. The van der Waals surface area contributed by atoms with Crippen LogP contribution in [-0.4, -0.2) is 40.6 Å². The molecule has 3 rings (SSSR count). The Balaban J connectivity index is 1.58. The van der Waals surface area contributed by atoms with E-state index in [4.69, 9.17) is 9.15 Å². The third-order valence-corrected chi connectivity index (χ3v) is 4.81. The van der Waals surface area contributed by atoms with Crippen molar-refractivity contribution in [1.82, 2.24) is 4.90 Å². The number of piperidine rings is 1. The Morgan fingerprint density at radius 1 is 1.28 bits per heavy atom. The first-order valence-corrected chi connectivity index (χ1v) is 8.61. The maximum atomic E-state index is 12.4. The lowest BCUT2D eigenvalue weighted by molar-refractivity contribution is -0.154. The highest BCUT2D eigenvalue weighted by Gasteiger charge is 2.29. The number of amides is 1. The predicted octanol–water partition coefficient (Wildman–Crippen LogP) is 3.01. The Labute approximate surface area is 146 Å². The van der Waals surface area contributed by atoms with Crippen molar-refractivity contribution in [1.29, 1.82) is 0 Å². The SMILES string of the molecule is C[C@H]1CCC[C@H](C)N1C(=O)COC(=O)Cc1coc2cc(O)ccc12. The van der Waals surface area contributed by atoms with Gasteiger partial charge >= 0.3 is 5.97 Å². The number of benzene rings is 1. The normalized spacial score (nSPS) is 20.6. The van der Waals surface area contributed by atoms with Gasteiger partial charge in [0.05, 0.1) is 12.7 Å². The minimum Gasteiger partial charge on any atom is -0.508 e. The molecule has 1 amide bonds. The molecular formula is C19H23NO5. The van der Waals surface area contributed by atoms with Crippen molar-refractivity contribution in [3.63, 3.8) is 0 Å². The Morgan fingerprint density at radius 3 is 2.72 bits per heavy atom. The van der Waals surface area contributed by atoms with Crippen LogP contribution in [0.3, 0.4) is 0 Å². The quantitative estimate of drug-likeness (QED) is 0.862. The maximum absolute atomic E-state index is 12.4. The third-order valence-electron chi connectivity index (χ3n) is 4.81. The fourth-order valence-electron chi connectivity index (χ4n) is 3.54. The van der Waals surface area contributed by atoms with Gasteiger partial charge in [0, 0.05) is 29.1 Å². The largest absolute Gasteiger partial charge is 0.508 e. The summed E-state index contributed by atoms with van der Waals surface area (Å²) >= 11 is 0. The van der Waals surface area contributed by atoms with E-state index >= 15 is 0 Å². The van der Waals surface area contributed by atoms with Crippen molar-refractivity contribution >= 4 is 22.8 Å². The topological polar surface area (TPSA) is 80.0 Å². The van der Waals surface area contributed by atoms with Gasteiger partial charge in [0.25, 0.3) is 5.91 Å². The number of furan rings is 1. The zero-order valence-electron chi connectivity index (χ0n) is 14.5. The molecule has 0 unspecified atom stereocenters. The van der Waals surface area contributed by atoms with Gasteiger partial charge in [0.2, 0.25) is 0 Å². The lowest BCUT2D eigenvalue weighted by Crippen LogP contribution is -2.49. The Bertz CT molecular complexity index is 771. The van der Waals surface area contributed by atoms with E-state index < -0.39 is 5.97 Å². The molecule has 2 heterocycles. The van der Waals surface area contributed by atoms with Crippen LogP contribution in [0.2, 0.25) is 0 Å². The van der Waals surface area contributed by atoms with Gasteiger partial charge in [0.1, 0.15) is 11.3 Å². The van der Waals surface area contributed by atoms with Crippen LogP contribution in [0.25, 0.3) is 11.0 Å². The molecule has 25 heavy (non-hydrogen) atoms. The van der Waals surface area contributed by atoms with Gasteiger partial charge in [0.15, 0.2) is 6.61 Å². The Hall–Kier alpha value is -2.50. The van der Waals surface area contributed by atoms with Crippen LogP contribution in [0.4, 0.5) is 0 Å². The van der Waals surface area contributed by atoms with Crippen molar-refractivity contribution in [3.8, 4) is 5.75 Å². The van der Waals surface area contributed by atoms with Crippen LogP contribution >= 0.6 is 0 Å². The van der Waals surface area contributed by atoms with Crippen LogP contribution < -0.4 is 0 Å². The lowest BCUT2D eigenvalue weighted by Gasteiger charge is -2.38. The van der Waals surface area contributed by atoms with E-state index in [1.165, 1.54) is 18.4 Å². The molecule has 1 fully saturated rings. The molecule has 1 aliphatic rings. The fourth-order valence-corrected chi connectivity index (χ4v) is 3.54. The first kappa shape index (κ1) is 17.3. The molecule has 2 aromatic rings. The molecule has 0 radical (unpaired) electrons. The fraction of sp³-hybridized carbons (Fsp3) is 0.474. The van der Waals surface area contributed by atoms with Crippen LogP contribution in [0.1, 0.15) is 38.7 Å². The van der Waals surface area contributed by atoms with Crippen LogP contribution in [0, 0.1) is 0 Å². The number of phenols is 1. The molecule has 0 spiro atoms. The van der Waals surface area contributed by atoms with Crippen LogP contribution in [-0.2, 0) is 20.7 Å². The summed E-state index contributed by atoms with van der Waals surface area (Å²) in [5, 5.41) is 10.2. The van der Waals surface area contributed by atoms with E-state index in [9.17, 15) is 14.7 Å². The van der Waals surface area contributed by atoms with Crippen molar-refractivity contribution in [2.75, 3.05) is 6.61 Å². The van der Waals surface area contributed by atoms with Gasteiger partial charge in [-0.2, -0.15) is 0 Å².